The molecular formula is C23H25NO. The topological polar surface area (TPSA) is 12.5 Å². The number of nitrogens with zero attached hydrogens (tertiary/aromatic N) is 1. The normalized spacial score (nSPS) is 23.4. The van der Waals surface area contributed by atoms with Crippen LogP contribution >= 0.6 is 0 Å². The molecule has 2 heteroatoms. The summed E-state index contributed by atoms with van der Waals surface area (Å²) < 4.78 is 6.06. The van der Waals surface area contributed by atoms with Gasteiger partial charge in [0.1, 0.15) is 5.76 Å². The lowest BCUT2D eigenvalue weighted by atomic mass is 9.71. The van der Waals surface area contributed by atoms with Crippen molar-refractivity contribution in [1.82, 2.24) is 0 Å². The SMILES string of the molecule is CCOC1=CC2(C=C1c1ccccc1)N(C)c1ccccc1C2(C)C. The Hall–Kier alpha value is -2.48. The van der Waals surface area contributed by atoms with Crippen LogP contribution in [0.5, 0.6) is 0 Å². The lowest BCUT2D eigenvalue weighted by molar-refractivity contribution is 0.243. The molecule has 1 aliphatic carbocycles. The maximum absolute atomic E-state index is 6.06. The van der Waals surface area contributed by atoms with Crippen LogP contribution < -0.4 is 4.90 Å². The van der Waals surface area contributed by atoms with E-state index in [0.717, 1.165) is 5.76 Å². The number of fused-ring (bicyclic) bond motifs is 1. The molecule has 0 bridgehead atoms. The van der Waals surface area contributed by atoms with Crippen LogP contribution in [0.3, 0.4) is 0 Å². The number of anilines is 1. The van der Waals surface area contributed by atoms with Gasteiger partial charge in [0.2, 0.25) is 0 Å². The van der Waals surface area contributed by atoms with Crippen molar-refractivity contribution in [3.05, 3.63) is 83.6 Å². The smallest absolute Gasteiger partial charge is 0.125 e. The first kappa shape index (κ1) is 16.0. The third-order valence-electron chi connectivity index (χ3n) is 5.86. The van der Waals surface area contributed by atoms with Crippen LogP contribution in [-0.2, 0) is 10.2 Å². The lowest BCUT2D eigenvalue weighted by Crippen LogP contribution is -2.50. The van der Waals surface area contributed by atoms with Crippen molar-refractivity contribution in [3.63, 3.8) is 0 Å². The molecule has 1 heterocycles. The molecule has 0 N–H and O–H groups in total. The third-order valence-corrected chi connectivity index (χ3v) is 5.86. The van der Waals surface area contributed by atoms with Gasteiger partial charge in [-0.3, -0.25) is 0 Å². The van der Waals surface area contributed by atoms with Crippen molar-refractivity contribution in [3.8, 4) is 0 Å². The average molecular weight is 331 g/mol. The summed E-state index contributed by atoms with van der Waals surface area (Å²) >= 11 is 0. The molecule has 0 fully saturated rings. The number of benzene rings is 2. The second kappa shape index (κ2) is 5.52. The zero-order chi connectivity index (χ0) is 17.7. The van der Waals surface area contributed by atoms with Crippen LogP contribution in [0, 0.1) is 0 Å². The van der Waals surface area contributed by atoms with E-state index in [9.17, 15) is 0 Å². The molecule has 0 saturated carbocycles. The number of likely N-dealkylation sites (N-methyl/N-ethyl adjacent to an activating group) is 1. The largest absolute Gasteiger partial charge is 0.493 e. The summed E-state index contributed by atoms with van der Waals surface area (Å²) in [6, 6.07) is 19.3. The zero-order valence-corrected chi connectivity index (χ0v) is 15.4. The fraction of sp³-hybridized carbons (Fsp3) is 0.304. The maximum atomic E-state index is 6.06. The van der Waals surface area contributed by atoms with Crippen molar-refractivity contribution >= 4 is 11.3 Å². The van der Waals surface area contributed by atoms with Gasteiger partial charge in [-0.2, -0.15) is 0 Å². The fourth-order valence-electron chi connectivity index (χ4n) is 4.41. The molecule has 0 amide bonds. The van der Waals surface area contributed by atoms with Gasteiger partial charge >= 0.3 is 0 Å². The molecule has 0 saturated heterocycles. The number of hydrogen-bond donors (Lipinski definition) is 0. The summed E-state index contributed by atoms with van der Waals surface area (Å²) in [7, 11) is 2.19. The van der Waals surface area contributed by atoms with Crippen LogP contribution in [0.2, 0.25) is 0 Å². The Kier molecular flexibility index (Phi) is 3.54. The van der Waals surface area contributed by atoms with Gasteiger partial charge in [-0.15, -0.1) is 0 Å². The molecule has 4 rings (SSSR count). The molecule has 1 atom stereocenters. The number of rotatable bonds is 3. The molecule has 25 heavy (non-hydrogen) atoms. The summed E-state index contributed by atoms with van der Waals surface area (Å²) in [5.74, 6) is 0.987. The van der Waals surface area contributed by atoms with E-state index in [0.29, 0.717) is 6.61 Å². The van der Waals surface area contributed by atoms with E-state index in [4.69, 9.17) is 4.74 Å². The van der Waals surface area contributed by atoms with E-state index in [2.05, 4.69) is 92.5 Å². The van der Waals surface area contributed by atoms with E-state index in [1.807, 2.05) is 6.92 Å². The van der Waals surface area contributed by atoms with E-state index in [-0.39, 0.29) is 11.0 Å². The first-order valence-electron chi connectivity index (χ1n) is 8.99. The quantitative estimate of drug-likeness (QED) is 0.769. The molecule has 0 radical (unpaired) electrons. The predicted molar refractivity (Wildman–Crippen MR) is 105 cm³/mol. The number of allylic oxidation sites excluding steroid dienone is 1. The van der Waals surface area contributed by atoms with E-state index in [1.165, 1.54) is 22.4 Å². The van der Waals surface area contributed by atoms with Crippen LogP contribution in [0.1, 0.15) is 31.9 Å². The minimum atomic E-state index is -0.216. The Bertz CT molecular complexity index is 863. The Balaban J connectivity index is 1.92. The molecule has 2 aliphatic rings. The highest BCUT2D eigenvalue weighted by Gasteiger charge is 2.55. The third kappa shape index (κ3) is 2.10. The molecule has 1 aliphatic heterocycles. The van der Waals surface area contributed by atoms with Gasteiger partial charge in [0, 0.05) is 23.7 Å². The van der Waals surface area contributed by atoms with Crippen LogP contribution in [0.4, 0.5) is 5.69 Å². The Morgan fingerprint density at radius 1 is 0.920 bits per heavy atom. The van der Waals surface area contributed by atoms with Gasteiger partial charge in [-0.25, -0.2) is 0 Å². The highest BCUT2D eigenvalue weighted by molar-refractivity contribution is 5.86. The predicted octanol–water partition coefficient (Wildman–Crippen LogP) is 5.17. The molecule has 2 aromatic rings. The summed E-state index contributed by atoms with van der Waals surface area (Å²) in [4.78, 5) is 2.40. The van der Waals surface area contributed by atoms with E-state index >= 15 is 0 Å². The van der Waals surface area contributed by atoms with Crippen LogP contribution in [0.15, 0.2) is 72.5 Å². The molecule has 2 nitrogen and oxygen atoms in total. The van der Waals surface area contributed by atoms with Crippen molar-refractivity contribution < 1.29 is 4.74 Å². The highest BCUT2D eigenvalue weighted by Crippen LogP contribution is 2.56. The summed E-state index contributed by atoms with van der Waals surface area (Å²) in [5, 5.41) is 0. The van der Waals surface area contributed by atoms with Crippen molar-refractivity contribution in [2.24, 2.45) is 0 Å². The molecule has 1 unspecified atom stereocenters. The second-order valence-corrected chi connectivity index (χ2v) is 7.39. The number of hydrogen-bond acceptors (Lipinski definition) is 2. The average Bonchev–Trinajstić information content (AvgIpc) is 3.09. The molecule has 128 valence electrons. The maximum Gasteiger partial charge on any atom is 0.125 e. The Morgan fingerprint density at radius 3 is 2.28 bits per heavy atom. The van der Waals surface area contributed by atoms with Crippen molar-refractivity contribution in [1.29, 1.82) is 0 Å². The Morgan fingerprint density at radius 2 is 1.60 bits per heavy atom. The minimum Gasteiger partial charge on any atom is -0.493 e. The monoisotopic (exact) mass is 331 g/mol. The minimum absolute atomic E-state index is 0.0444. The van der Waals surface area contributed by atoms with Gasteiger partial charge < -0.3 is 9.64 Å². The lowest BCUT2D eigenvalue weighted by Gasteiger charge is -2.40. The second-order valence-electron chi connectivity index (χ2n) is 7.39. The van der Waals surface area contributed by atoms with Gasteiger partial charge in [0.15, 0.2) is 0 Å². The van der Waals surface area contributed by atoms with Gasteiger partial charge in [0.25, 0.3) is 0 Å². The van der Waals surface area contributed by atoms with Crippen molar-refractivity contribution in [2.75, 3.05) is 18.6 Å². The highest BCUT2D eigenvalue weighted by atomic mass is 16.5. The first-order valence-corrected chi connectivity index (χ1v) is 8.99. The standard InChI is InChI=1S/C23H25NO/c1-5-25-21-16-23(15-18(21)17-11-7-6-8-12-17)22(2,3)19-13-9-10-14-20(19)24(23)4/h6-16H,5H2,1-4H3. The first-order chi connectivity index (χ1) is 12.0. The van der Waals surface area contributed by atoms with E-state index < -0.39 is 0 Å². The zero-order valence-electron chi connectivity index (χ0n) is 15.4. The number of ether oxygens (including phenoxy) is 1. The van der Waals surface area contributed by atoms with Gasteiger partial charge in [0.05, 0.1) is 12.1 Å². The molecule has 1 spiro atoms. The summed E-state index contributed by atoms with van der Waals surface area (Å²) in [5.41, 5.74) is 4.82. The van der Waals surface area contributed by atoms with Gasteiger partial charge in [-0.1, -0.05) is 62.4 Å². The molecular weight excluding hydrogens is 306 g/mol. The summed E-state index contributed by atoms with van der Waals surface area (Å²) in [6.45, 7) is 7.38. The molecule has 2 aromatic carbocycles. The van der Waals surface area contributed by atoms with Crippen LogP contribution in [-0.4, -0.2) is 19.2 Å². The summed E-state index contributed by atoms with van der Waals surface area (Å²) in [6.07, 6.45) is 4.71. The van der Waals surface area contributed by atoms with E-state index in [1.54, 1.807) is 0 Å². The molecule has 0 aromatic heterocycles. The van der Waals surface area contributed by atoms with Gasteiger partial charge in [-0.05, 0) is 36.3 Å². The Labute approximate surface area is 150 Å². The number of para-hydroxylation sites is 1. The van der Waals surface area contributed by atoms with Crippen LogP contribution in [0.25, 0.3) is 5.57 Å². The fourth-order valence-corrected chi connectivity index (χ4v) is 4.41. The van der Waals surface area contributed by atoms with Crippen molar-refractivity contribution in [2.45, 2.75) is 31.7 Å².